The number of benzene rings is 2. The summed E-state index contributed by atoms with van der Waals surface area (Å²) in [4.78, 5) is 39.8. The van der Waals surface area contributed by atoms with Gasteiger partial charge in [0.25, 0.3) is 5.91 Å². The zero-order chi connectivity index (χ0) is 28.7. The topological polar surface area (TPSA) is 163 Å². The van der Waals surface area contributed by atoms with Gasteiger partial charge in [0, 0.05) is 31.9 Å². The van der Waals surface area contributed by atoms with Crippen LogP contribution in [0.3, 0.4) is 0 Å². The van der Waals surface area contributed by atoms with Crippen molar-refractivity contribution >= 4 is 51.7 Å². The third kappa shape index (κ3) is 5.12. The van der Waals surface area contributed by atoms with Gasteiger partial charge in [-0.3, -0.25) is 24.8 Å². The molecule has 6 rings (SSSR count). The van der Waals surface area contributed by atoms with Crippen molar-refractivity contribution in [3.8, 4) is 5.75 Å². The standard InChI is InChI=1S/C28H29FN8O4/c1-41-22-11-15-6-10-37(23(39)14-36-9-7-16(38)13-36)21(15)12-20(22)33-28-34-26-17(5-8-31-26)27(35-28)32-19-4-2-3-18(29)24(19)25(30)40/h2-5,8,11-12,16,38H,6-7,9-10,13-14H2,1H3,(H2,30,40)(H3,31,32,33,34,35)/p+1. The summed E-state index contributed by atoms with van der Waals surface area (Å²) in [5.74, 6) is -0.437. The van der Waals surface area contributed by atoms with Crippen molar-refractivity contribution in [2.24, 2.45) is 5.73 Å². The second-order valence-electron chi connectivity index (χ2n) is 10.1. The van der Waals surface area contributed by atoms with Gasteiger partial charge in [-0.1, -0.05) is 11.1 Å². The molecule has 1 fully saturated rings. The van der Waals surface area contributed by atoms with E-state index in [4.69, 9.17) is 10.5 Å². The van der Waals surface area contributed by atoms with E-state index in [1.54, 1.807) is 30.3 Å². The Morgan fingerprint density at radius 3 is 2.85 bits per heavy atom. The fourth-order valence-corrected chi connectivity index (χ4v) is 5.45. The van der Waals surface area contributed by atoms with Crippen LogP contribution in [0.25, 0.3) is 11.0 Å². The molecule has 0 spiro atoms. The average Bonchev–Trinajstić information content (AvgIpc) is 3.68. The monoisotopic (exact) mass is 561 g/mol. The molecule has 1 saturated heterocycles. The van der Waals surface area contributed by atoms with Gasteiger partial charge in [-0.15, -0.1) is 0 Å². The van der Waals surface area contributed by atoms with Gasteiger partial charge < -0.3 is 25.8 Å². The SMILES string of the molecule is COc1cc2c(cc1Nc1nc(Nc3cccc(F)c3C(N)=O)c3cc[nH]c3[nH+]1)N(C(=O)CN1CCC(O)C1)CC2. The van der Waals surface area contributed by atoms with Crippen molar-refractivity contribution < 1.29 is 28.8 Å². The molecule has 4 heterocycles. The van der Waals surface area contributed by atoms with Crippen LogP contribution in [0.15, 0.2) is 42.6 Å². The number of hydrogen-bond donors (Lipinski definition) is 5. The molecule has 0 bridgehead atoms. The van der Waals surface area contributed by atoms with Gasteiger partial charge in [0.05, 0.1) is 42.1 Å². The maximum absolute atomic E-state index is 14.4. The summed E-state index contributed by atoms with van der Waals surface area (Å²) >= 11 is 0. The number of primary amides is 1. The van der Waals surface area contributed by atoms with Gasteiger partial charge in [-0.2, -0.15) is 0 Å². The summed E-state index contributed by atoms with van der Waals surface area (Å²) < 4.78 is 20.0. The molecule has 2 amide bonds. The lowest BCUT2D eigenvalue weighted by Gasteiger charge is -2.22. The number of carbonyl (C=O) groups is 2. The van der Waals surface area contributed by atoms with Crippen LogP contribution in [0.4, 0.5) is 33.2 Å². The van der Waals surface area contributed by atoms with Crippen LogP contribution in [-0.2, 0) is 11.2 Å². The minimum atomic E-state index is -0.903. The number of halogens is 1. The number of nitrogens with one attached hydrogen (secondary N) is 4. The molecule has 4 aromatic rings. The molecule has 41 heavy (non-hydrogen) atoms. The van der Waals surface area contributed by atoms with Crippen LogP contribution in [0.1, 0.15) is 22.3 Å². The molecule has 2 aromatic carbocycles. The number of aliphatic hydroxyl groups excluding tert-OH is 1. The Morgan fingerprint density at radius 1 is 1.24 bits per heavy atom. The highest BCUT2D eigenvalue weighted by molar-refractivity contribution is 6.01. The van der Waals surface area contributed by atoms with Crippen molar-refractivity contribution in [2.45, 2.75) is 18.9 Å². The number of β-amino-alcohol motifs (C(OH)–C–C–N with tert-alkyl or cyclic N) is 1. The zero-order valence-corrected chi connectivity index (χ0v) is 22.3. The van der Waals surface area contributed by atoms with Gasteiger partial charge in [-0.25, -0.2) is 9.37 Å². The Labute approximate surface area is 234 Å². The first-order valence-electron chi connectivity index (χ1n) is 13.2. The quantitative estimate of drug-likeness (QED) is 0.218. The molecule has 13 heteroatoms. The largest absolute Gasteiger partial charge is 0.493 e. The van der Waals surface area contributed by atoms with Crippen molar-refractivity contribution in [1.29, 1.82) is 0 Å². The van der Waals surface area contributed by atoms with E-state index in [1.165, 1.54) is 12.1 Å². The summed E-state index contributed by atoms with van der Waals surface area (Å²) in [7, 11) is 1.57. The maximum atomic E-state index is 14.4. The number of fused-ring (bicyclic) bond motifs is 2. The lowest BCUT2D eigenvalue weighted by Crippen LogP contribution is -2.39. The molecule has 212 valence electrons. The van der Waals surface area contributed by atoms with Gasteiger partial charge in [0.15, 0.2) is 5.75 Å². The highest BCUT2D eigenvalue weighted by Crippen LogP contribution is 2.38. The lowest BCUT2D eigenvalue weighted by molar-refractivity contribution is -0.333. The molecule has 0 radical (unpaired) electrons. The molecule has 0 saturated carbocycles. The van der Waals surface area contributed by atoms with Crippen molar-refractivity contribution in [1.82, 2.24) is 14.9 Å². The van der Waals surface area contributed by atoms with Crippen molar-refractivity contribution in [3.05, 3.63) is 59.5 Å². The number of hydrogen-bond acceptors (Lipinski definition) is 8. The number of H-pyrrole nitrogens is 2. The number of aromatic amines is 2. The van der Waals surface area contributed by atoms with Gasteiger partial charge in [0.2, 0.25) is 17.4 Å². The van der Waals surface area contributed by atoms with Crippen LogP contribution in [0.2, 0.25) is 0 Å². The Morgan fingerprint density at radius 2 is 2.10 bits per heavy atom. The minimum absolute atomic E-state index is 0.0294. The van der Waals surface area contributed by atoms with E-state index in [-0.39, 0.29) is 23.7 Å². The third-order valence-electron chi connectivity index (χ3n) is 7.44. The zero-order valence-electron chi connectivity index (χ0n) is 22.3. The van der Waals surface area contributed by atoms with Crippen LogP contribution < -0.4 is 31.0 Å². The first-order chi connectivity index (χ1) is 19.8. The van der Waals surface area contributed by atoms with Crippen molar-refractivity contribution in [2.75, 3.05) is 48.8 Å². The lowest BCUT2D eigenvalue weighted by atomic mass is 10.1. The van der Waals surface area contributed by atoms with E-state index in [9.17, 15) is 19.1 Å². The number of aromatic nitrogens is 3. The molecular weight excluding hydrogens is 531 g/mol. The number of likely N-dealkylation sites (tertiary alicyclic amines) is 1. The Hall–Kier alpha value is -4.75. The summed E-state index contributed by atoms with van der Waals surface area (Å²) in [5.41, 5.74) is 8.31. The molecule has 7 N–H and O–H groups in total. The fourth-order valence-electron chi connectivity index (χ4n) is 5.45. The van der Waals surface area contributed by atoms with Gasteiger partial charge >= 0.3 is 5.95 Å². The molecule has 2 aliphatic heterocycles. The van der Waals surface area contributed by atoms with E-state index >= 15 is 0 Å². The Balaban J connectivity index is 1.31. The maximum Gasteiger partial charge on any atom is 0.351 e. The van der Waals surface area contributed by atoms with E-state index in [2.05, 4.69) is 25.6 Å². The first-order valence-corrected chi connectivity index (χ1v) is 13.2. The number of rotatable bonds is 8. The summed E-state index contributed by atoms with van der Waals surface area (Å²) in [5, 5.41) is 16.8. The van der Waals surface area contributed by atoms with Crippen LogP contribution in [0, 0.1) is 5.82 Å². The van der Waals surface area contributed by atoms with Gasteiger partial charge in [-0.05, 0) is 42.7 Å². The van der Waals surface area contributed by atoms with E-state index in [0.29, 0.717) is 66.7 Å². The summed E-state index contributed by atoms with van der Waals surface area (Å²) in [6.07, 6.45) is 2.70. The number of nitrogens with two attached hydrogens (primary N) is 1. The van der Waals surface area contributed by atoms with Crippen LogP contribution >= 0.6 is 0 Å². The number of ether oxygens (including phenoxy) is 1. The predicted molar refractivity (Wildman–Crippen MR) is 150 cm³/mol. The third-order valence-corrected chi connectivity index (χ3v) is 7.44. The fraction of sp³-hybridized carbons (Fsp3) is 0.286. The number of carbonyl (C=O) groups excluding carboxylic acids is 2. The molecule has 2 aromatic heterocycles. The highest BCUT2D eigenvalue weighted by atomic mass is 19.1. The van der Waals surface area contributed by atoms with E-state index < -0.39 is 17.8 Å². The average molecular weight is 562 g/mol. The van der Waals surface area contributed by atoms with Crippen LogP contribution in [0.5, 0.6) is 5.75 Å². The summed E-state index contributed by atoms with van der Waals surface area (Å²) in [6, 6.07) is 9.73. The first kappa shape index (κ1) is 26.5. The second-order valence-corrected chi connectivity index (χ2v) is 10.1. The van der Waals surface area contributed by atoms with E-state index in [1.807, 2.05) is 17.0 Å². The number of anilines is 5. The second kappa shape index (κ2) is 10.7. The minimum Gasteiger partial charge on any atom is -0.493 e. The molecule has 1 unspecified atom stereocenters. The van der Waals surface area contributed by atoms with Gasteiger partial charge in [0.1, 0.15) is 11.5 Å². The Bertz CT molecular complexity index is 1660. The number of nitrogens with zero attached hydrogens (tertiary/aromatic N) is 3. The highest BCUT2D eigenvalue weighted by Gasteiger charge is 2.30. The molecule has 2 aliphatic rings. The number of amides is 2. The molecule has 1 atom stereocenters. The van der Waals surface area contributed by atoms with E-state index in [0.717, 1.165) is 11.3 Å². The molecule has 0 aliphatic carbocycles. The number of methoxy groups -OCH3 is 1. The Kier molecular flexibility index (Phi) is 6.89. The molecule has 12 nitrogen and oxygen atoms in total. The van der Waals surface area contributed by atoms with Crippen molar-refractivity contribution in [3.63, 3.8) is 0 Å². The smallest absolute Gasteiger partial charge is 0.351 e. The number of aliphatic hydroxyl groups is 1. The summed E-state index contributed by atoms with van der Waals surface area (Å²) in [6.45, 7) is 1.99. The predicted octanol–water partition coefficient (Wildman–Crippen LogP) is 2.07. The van der Waals surface area contributed by atoms with Crippen LogP contribution in [-0.4, -0.2) is 71.2 Å². The molecular formula is C28H30FN8O4+. The normalized spacial score (nSPS) is 16.7.